The Kier molecular flexibility index (Phi) is 9.35. The Morgan fingerprint density at radius 3 is 2.45 bits per heavy atom. The van der Waals surface area contributed by atoms with Gasteiger partial charge in [0.05, 0.1) is 17.1 Å². The predicted molar refractivity (Wildman–Crippen MR) is 156 cm³/mol. The maximum absolute atomic E-state index is 13.4. The van der Waals surface area contributed by atoms with E-state index in [0.717, 1.165) is 5.41 Å². The van der Waals surface area contributed by atoms with Crippen LogP contribution in [-0.2, 0) is 24.4 Å². The minimum Gasteiger partial charge on any atom is -0.459 e. The third kappa shape index (κ3) is 7.05. The number of nitrogens with one attached hydrogen (secondary N) is 1. The third-order valence-electron chi connectivity index (χ3n) is 7.64. The lowest BCUT2D eigenvalue weighted by Crippen LogP contribution is -2.57. The summed E-state index contributed by atoms with van der Waals surface area (Å²) in [5, 5.41) is 1.000. The van der Waals surface area contributed by atoms with E-state index >= 15 is 0 Å². The summed E-state index contributed by atoms with van der Waals surface area (Å²) in [7, 11) is -3.92. The Labute approximate surface area is 252 Å². The SMILES string of the molecule is O=C(c1ccco1)N1CCN(C(=O)C2CCCN2C(=O)CN2CCCC(NS(=O)(=O)/C=C/c3ccc(Cl)s3)C2=O)CC1. The highest BCUT2D eigenvalue weighted by Gasteiger charge is 2.40. The fraction of sp³-hybridized carbons (Fsp3) is 0.481. The maximum atomic E-state index is 13.4. The summed E-state index contributed by atoms with van der Waals surface area (Å²) in [5.74, 6) is -0.945. The van der Waals surface area contributed by atoms with E-state index in [4.69, 9.17) is 16.0 Å². The Hall–Kier alpha value is -3.20. The van der Waals surface area contributed by atoms with Gasteiger partial charge in [0.2, 0.25) is 27.7 Å². The van der Waals surface area contributed by atoms with Gasteiger partial charge in [0.15, 0.2) is 5.76 Å². The first-order chi connectivity index (χ1) is 20.1. The van der Waals surface area contributed by atoms with Crippen LogP contribution in [0, 0.1) is 0 Å². The standard InChI is InChI=1S/C27H32ClN5O7S2/c28-23-8-7-19(41-23)9-17-42(38,39)29-20-4-1-10-32(25(20)35)18-24(34)33-11-2-5-21(33)26(36)30-12-14-31(15-13-30)27(37)22-6-3-16-40-22/h3,6-9,16-17,20-21,29H,1-2,4-5,10-15,18H2/b17-9+. The van der Waals surface area contributed by atoms with E-state index in [9.17, 15) is 27.6 Å². The molecule has 0 aliphatic carbocycles. The maximum Gasteiger partial charge on any atom is 0.289 e. The normalized spacial score (nSPS) is 21.9. The number of carbonyl (C=O) groups is 4. The van der Waals surface area contributed by atoms with E-state index in [0.29, 0.717) is 74.2 Å². The molecule has 0 spiro atoms. The van der Waals surface area contributed by atoms with Gasteiger partial charge in [-0.3, -0.25) is 19.2 Å². The van der Waals surface area contributed by atoms with E-state index in [-0.39, 0.29) is 30.0 Å². The minimum absolute atomic E-state index is 0.166. The molecule has 226 valence electrons. The fourth-order valence-electron chi connectivity index (χ4n) is 5.49. The number of piperidine rings is 1. The first-order valence-corrected chi connectivity index (χ1v) is 16.5. The molecular weight excluding hydrogens is 606 g/mol. The number of rotatable bonds is 8. The van der Waals surface area contributed by atoms with Crippen LogP contribution in [0.25, 0.3) is 6.08 Å². The lowest BCUT2D eigenvalue weighted by atomic mass is 10.1. The average molecular weight is 638 g/mol. The van der Waals surface area contributed by atoms with Crippen molar-refractivity contribution in [3.8, 4) is 0 Å². The smallest absolute Gasteiger partial charge is 0.289 e. The Morgan fingerprint density at radius 1 is 1.02 bits per heavy atom. The van der Waals surface area contributed by atoms with Gasteiger partial charge >= 0.3 is 0 Å². The molecule has 42 heavy (non-hydrogen) atoms. The number of hydrogen-bond acceptors (Lipinski definition) is 8. The molecule has 0 saturated carbocycles. The van der Waals surface area contributed by atoms with Crippen LogP contribution in [0.5, 0.6) is 0 Å². The van der Waals surface area contributed by atoms with Gasteiger partial charge in [-0.1, -0.05) is 11.6 Å². The van der Waals surface area contributed by atoms with Gasteiger partial charge in [-0.05, 0) is 56.0 Å². The zero-order valence-corrected chi connectivity index (χ0v) is 25.2. The molecule has 3 saturated heterocycles. The van der Waals surface area contributed by atoms with Gasteiger partial charge in [-0.2, -0.15) is 4.72 Å². The molecule has 0 bridgehead atoms. The van der Waals surface area contributed by atoms with Crippen LogP contribution in [0.3, 0.4) is 0 Å². The Morgan fingerprint density at radius 2 is 1.76 bits per heavy atom. The number of thiophene rings is 1. The first-order valence-electron chi connectivity index (χ1n) is 13.8. The molecule has 3 aliphatic rings. The van der Waals surface area contributed by atoms with Crippen molar-refractivity contribution in [2.24, 2.45) is 0 Å². The summed E-state index contributed by atoms with van der Waals surface area (Å²) in [4.78, 5) is 59.3. The van der Waals surface area contributed by atoms with Crippen LogP contribution in [0.15, 0.2) is 40.4 Å². The molecule has 2 aromatic rings. The van der Waals surface area contributed by atoms with Crippen LogP contribution >= 0.6 is 22.9 Å². The molecule has 0 radical (unpaired) electrons. The third-order valence-corrected chi connectivity index (χ3v) is 9.94. The lowest BCUT2D eigenvalue weighted by Gasteiger charge is -2.37. The Bertz CT molecular complexity index is 1450. The second-order valence-electron chi connectivity index (χ2n) is 10.4. The first kappa shape index (κ1) is 30.3. The number of piperazine rings is 1. The number of furan rings is 1. The van der Waals surface area contributed by atoms with Crippen LogP contribution in [-0.4, -0.2) is 110 Å². The minimum atomic E-state index is -3.92. The van der Waals surface area contributed by atoms with Crippen LogP contribution < -0.4 is 4.72 Å². The van der Waals surface area contributed by atoms with Gasteiger partial charge in [0.25, 0.3) is 5.91 Å². The second-order valence-corrected chi connectivity index (χ2v) is 13.7. The van der Waals surface area contributed by atoms with E-state index in [1.54, 1.807) is 34.1 Å². The van der Waals surface area contributed by atoms with E-state index in [1.807, 2.05) is 0 Å². The van der Waals surface area contributed by atoms with Crippen molar-refractivity contribution in [2.45, 2.75) is 37.8 Å². The van der Waals surface area contributed by atoms with Gasteiger partial charge in [-0.25, -0.2) is 8.42 Å². The molecular formula is C27H32ClN5O7S2. The summed E-state index contributed by atoms with van der Waals surface area (Å²) in [6.07, 6.45) is 4.89. The molecule has 2 aromatic heterocycles. The van der Waals surface area contributed by atoms with Crippen molar-refractivity contribution in [1.82, 2.24) is 24.3 Å². The molecule has 12 nitrogen and oxygen atoms in total. The monoisotopic (exact) mass is 637 g/mol. The van der Waals surface area contributed by atoms with Gasteiger partial charge in [0, 0.05) is 49.6 Å². The lowest BCUT2D eigenvalue weighted by molar-refractivity contribution is -0.148. The molecule has 5 rings (SSSR count). The largest absolute Gasteiger partial charge is 0.459 e. The number of halogens is 1. The molecule has 0 aromatic carbocycles. The number of nitrogens with zero attached hydrogens (tertiary/aromatic N) is 4. The summed E-state index contributed by atoms with van der Waals surface area (Å²) in [5.41, 5.74) is 0. The van der Waals surface area contributed by atoms with Crippen LogP contribution in [0.1, 0.15) is 41.1 Å². The van der Waals surface area contributed by atoms with Gasteiger partial charge < -0.3 is 24.0 Å². The number of carbonyl (C=O) groups excluding carboxylic acids is 4. The van der Waals surface area contributed by atoms with Crippen molar-refractivity contribution in [2.75, 3.05) is 45.8 Å². The zero-order valence-electron chi connectivity index (χ0n) is 22.8. The molecule has 1 N–H and O–H groups in total. The van der Waals surface area contributed by atoms with Crippen molar-refractivity contribution >= 4 is 62.7 Å². The highest BCUT2D eigenvalue weighted by atomic mass is 35.5. The summed E-state index contributed by atoms with van der Waals surface area (Å²) < 4.78 is 33.4. The molecule has 3 aliphatic heterocycles. The molecule has 4 amide bonds. The average Bonchev–Trinajstić information content (AvgIpc) is 3.76. The summed E-state index contributed by atoms with van der Waals surface area (Å²) in [6.45, 7) is 1.93. The van der Waals surface area contributed by atoms with Crippen molar-refractivity contribution in [3.05, 3.63) is 50.9 Å². The Balaban J connectivity index is 1.14. The number of hydrogen-bond donors (Lipinski definition) is 1. The zero-order chi connectivity index (χ0) is 29.9. The molecule has 2 atom stereocenters. The van der Waals surface area contributed by atoms with Crippen molar-refractivity contribution < 1.29 is 32.0 Å². The quantitative estimate of drug-likeness (QED) is 0.466. The van der Waals surface area contributed by atoms with Gasteiger partial charge in [-0.15, -0.1) is 11.3 Å². The van der Waals surface area contributed by atoms with Crippen molar-refractivity contribution in [1.29, 1.82) is 0 Å². The van der Waals surface area contributed by atoms with Gasteiger partial charge in [0.1, 0.15) is 12.1 Å². The van der Waals surface area contributed by atoms with Crippen LogP contribution in [0.4, 0.5) is 0 Å². The number of likely N-dealkylation sites (tertiary alicyclic amines) is 2. The molecule has 3 fully saturated rings. The fourth-order valence-corrected chi connectivity index (χ4v) is 7.56. The van der Waals surface area contributed by atoms with E-state index < -0.39 is 28.0 Å². The highest BCUT2D eigenvalue weighted by Crippen LogP contribution is 2.24. The topological polar surface area (TPSA) is 141 Å². The molecule has 15 heteroatoms. The van der Waals surface area contributed by atoms with Crippen LogP contribution in [0.2, 0.25) is 4.34 Å². The molecule has 5 heterocycles. The summed E-state index contributed by atoms with van der Waals surface area (Å²) >= 11 is 7.12. The predicted octanol–water partition coefficient (Wildman–Crippen LogP) is 1.85. The number of amides is 4. The highest BCUT2D eigenvalue weighted by molar-refractivity contribution is 7.92. The van der Waals surface area contributed by atoms with E-state index in [1.165, 1.54) is 33.5 Å². The van der Waals surface area contributed by atoms with Crippen molar-refractivity contribution in [3.63, 3.8) is 0 Å². The number of sulfonamides is 1. The second kappa shape index (κ2) is 13.0. The summed E-state index contributed by atoms with van der Waals surface area (Å²) in [6, 6.07) is 5.00. The molecule has 2 unspecified atom stereocenters. The van der Waals surface area contributed by atoms with E-state index in [2.05, 4.69) is 4.72 Å².